The summed E-state index contributed by atoms with van der Waals surface area (Å²) in [6.07, 6.45) is 1.28. The molecule has 0 saturated carbocycles. The molecule has 0 atom stereocenters. The summed E-state index contributed by atoms with van der Waals surface area (Å²) in [4.78, 5) is 18.9. The van der Waals surface area contributed by atoms with Crippen LogP contribution in [0.15, 0.2) is 35.9 Å². The van der Waals surface area contributed by atoms with Gasteiger partial charge in [-0.25, -0.2) is 14.8 Å². The summed E-state index contributed by atoms with van der Waals surface area (Å²) >= 11 is 11.6. The zero-order valence-electron chi connectivity index (χ0n) is 10.4. The molecule has 104 valence electrons. The number of carbonyl (C=O) groups is 1. The van der Waals surface area contributed by atoms with Gasteiger partial charge >= 0.3 is 5.97 Å². The van der Waals surface area contributed by atoms with Crippen LogP contribution in [0.25, 0.3) is 17.5 Å². The van der Waals surface area contributed by atoms with Crippen molar-refractivity contribution >= 4 is 35.2 Å². The molecule has 0 fully saturated rings. The van der Waals surface area contributed by atoms with Gasteiger partial charge in [0.05, 0.1) is 0 Å². The second-order valence-corrected chi connectivity index (χ2v) is 4.71. The highest BCUT2D eigenvalue weighted by Crippen LogP contribution is 2.21. The highest BCUT2D eigenvalue weighted by atomic mass is 35.5. The first-order valence-corrected chi connectivity index (χ1v) is 6.41. The number of carboxylic acid groups (broad SMARTS) is 1. The average Bonchev–Trinajstić information content (AvgIpc) is 2.44. The average molecular weight is 320 g/mol. The second-order valence-electron chi connectivity index (χ2n) is 3.93. The molecule has 5 nitrogen and oxygen atoms in total. The van der Waals surface area contributed by atoms with E-state index in [0.29, 0.717) is 17.0 Å². The topological polar surface area (TPSA) is 86.9 Å². The van der Waals surface area contributed by atoms with Crippen molar-refractivity contribution in [3.63, 3.8) is 0 Å². The van der Waals surface area contributed by atoms with Crippen molar-refractivity contribution < 1.29 is 9.90 Å². The van der Waals surface area contributed by atoms with Gasteiger partial charge in [0.2, 0.25) is 0 Å². The zero-order chi connectivity index (χ0) is 15.4. The SMILES string of the molecule is N#CC(=Cc1ccc(-c2nc(Cl)cc(Cl)n2)cc1)C(=O)O. The Morgan fingerprint density at radius 2 is 1.76 bits per heavy atom. The number of nitriles is 1. The van der Waals surface area contributed by atoms with Crippen LogP contribution in [0, 0.1) is 11.3 Å². The fraction of sp³-hybridized carbons (Fsp3) is 0. The quantitative estimate of drug-likeness (QED) is 0.532. The lowest BCUT2D eigenvalue weighted by Crippen LogP contribution is -1.97. The Balaban J connectivity index is 2.35. The van der Waals surface area contributed by atoms with Gasteiger partial charge in [-0.3, -0.25) is 0 Å². The first-order chi connectivity index (χ1) is 9.99. The largest absolute Gasteiger partial charge is 0.477 e. The number of halogens is 2. The van der Waals surface area contributed by atoms with Gasteiger partial charge in [-0.15, -0.1) is 0 Å². The van der Waals surface area contributed by atoms with Crippen molar-refractivity contribution in [2.45, 2.75) is 0 Å². The van der Waals surface area contributed by atoms with Gasteiger partial charge in [-0.2, -0.15) is 5.26 Å². The molecule has 0 aliphatic carbocycles. The van der Waals surface area contributed by atoms with E-state index in [-0.39, 0.29) is 15.9 Å². The molecule has 0 aliphatic rings. The van der Waals surface area contributed by atoms with E-state index >= 15 is 0 Å². The van der Waals surface area contributed by atoms with E-state index in [1.54, 1.807) is 30.3 Å². The second kappa shape index (κ2) is 6.35. The lowest BCUT2D eigenvalue weighted by atomic mass is 10.1. The standard InChI is InChI=1S/C14H7Cl2N3O2/c15-11-6-12(16)19-13(18-11)9-3-1-8(2-4-9)5-10(7-17)14(20)21/h1-6H,(H,20,21). The lowest BCUT2D eigenvalue weighted by Gasteiger charge is -2.02. The van der Waals surface area contributed by atoms with Crippen molar-refractivity contribution in [2.24, 2.45) is 0 Å². The maximum atomic E-state index is 10.8. The monoisotopic (exact) mass is 319 g/mol. The first-order valence-electron chi connectivity index (χ1n) is 5.65. The van der Waals surface area contributed by atoms with Crippen molar-refractivity contribution in [1.82, 2.24) is 9.97 Å². The van der Waals surface area contributed by atoms with Crippen LogP contribution in [0.1, 0.15) is 5.56 Å². The third-order valence-corrected chi connectivity index (χ3v) is 2.88. The molecule has 0 amide bonds. The summed E-state index contributed by atoms with van der Waals surface area (Å²) in [6, 6.07) is 9.70. The van der Waals surface area contributed by atoms with Gasteiger partial charge in [0.1, 0.15) is 21.9 Å². The summed E-state index contributed by atoms with van der Waals surface area (Å²) < 4.78 is 0. The van der Waals surface area contributed by atoms with E-state index in [0.717, 1.165) is 0 Å². The molecule has 2 rings (SSSR count). The highest BCUT2D eigenvalue weighted by Gasteiger charge is 2.07. The van der Waals surface area contributed by atoms with Gasteiger partial charge in [-0.1, -0.05) is 47.5 Å². The summed E-state index contributed by atoms with van der Waals surface area (Å²) in [5, 5.41) is 17.9. The molecule has 0 unspecified atom stereocenters. The Morgan fingerprint density at radius 3 is 2.24 bits per heavy atom. The molecule has 1 aromatic heterocycles. The van der Waals surface area contributed by atoms with Gasteiger partial charge in [-0.05, 0) is 11.6 Å². The number of benzene rings is 1. The van der Waals surface area contributed by atoms with Crippen molar-refractivity contribution in [3.05, 3.63) is 51.8 Å². The highest BCUT2D eigenvalue weighted by molar-refractivity contribution is 6.33. The Kier molecular flexibility index (Phi) is 4.53. The molecule has 0 aliphatic heterocycles. The van der Waals surface area contributed by atoms with Crippen LogP contribution < -0.4 is 0 Å². The number of hydrogen-bond donors (Lipinski definition) is 1. The number of aromatic nitrogens is 2. The van der Waals surface area contributed by atoms with Gasteiger partial charge in [0, 0.05) is 11.6 Å². The molecule has 21 heavy (non-hydrogen) atoms. The fourth-order valence-corrected chi connectivity index (χ4v) is 1.98. The predicted octanol–water partition coefficient (Wildman–Crippen LogP) is 3.44. The van der Waals surface area contributed by atoms with Crippen LogP contribution in [-0.4, -0.2) is 21.0 Å². The summed E-state index contributed by atoms with van der Waals surface area (Å²) in [5.74, 6) is -0.909. The zero-order valence-corrected chi connectivity index (χ0v) is 11.9. The minimum atomic E-state index is -1.27. The number of rotatable bonds is 3. The smallest absolute Gasteiger partial charge is 0.346 e. The minimum Gasteiger partial charge on any atom is -0.477 e. The van der Waals surface area contributed by atoms with E-state index in [9.17, 15) is 4.79 Å². The number of hydrogen-bond acceptors (Lipinski definition) is 4. The molecular weight excluding hydrogens is 313 g/mol. The van der Waals surface area contributed by atoms with E-state index in [1.165, 1.54) is 12.1 Å². The molecular formula is C14H7Cl2N3O2. The Labute approximate surface area is 130 Å². The van der Waals surface area contributed by atoms with Gasteiger partial charge in [0.25, 0.3) is 0 Å². The van der Waals surface area contributed by atoms with Crippen LogP contribution in [0.4, 0.5) is 0 Å². The van der Waals surface area contributed by atoms with Crippen LogP contribution in [0.2, 0.25) is 10.3 Å². The molecule has 1 aromatic carbocycles. The van der Waals surface area contributed by atoms with Crippen molar-refractivity contribution in [1.29, 1.82) is 5.26 Å². The fourth-order valence-electron chi connectivity index (χ4n) is 1.56. The van der Waals surface area contributed by atoms with E-state index in [4.69, 9.17) is 33.6 Å². The Morgan fingerprint density at radius 1 is 1.19 bits per heavy atom. The van der Waals surface area contributed by atoms with Crippen LogP contribution >= 0.6 is 23.2 Å². The molecule has 0 radical (unpaired) electrons. The molecule has 1 N–H and O–H groups in total. The third-order valence-electron chi connectivity index (χ3n) is 2.49. The summed E-state index contributed by atoms with van der Waals surface area (Å²) in [7, 11) is 0. The molecule has 0 saturated heterocycles. The Bertz CT molecular complexity index is 745. The minimum absolute atomic E-state index is 0.228. The lowest BCUT2D eigenvalue weighted by molar-refractivity contribution is -0.132. The first kappa shape index (κ1) is 15.0. The maximum Gasteiger partial charge on any atom is 0.346 e. The van der Waals surface area contributed by atoms with Crippen LogP contribution in [0.5, 0.6) is 0 Å². The molecule has 7 heteroatoms. The van der Waals surface area contributed by atoms with Crippen molar-refractivity contribution in [2.75, 3.05) is 0 Å². The molecule has 2 aromatic rings. The van der Waals surface area contributed by atoms with Gasteiger partial charge < -0.3 is 5.11 Å². The summed E-state index contributed by atoms with van der Waals surface area (Å²) in [6.45, 7) is 0. The predicted molar refractivity (Wildman–Crippen MR) is 78.7 cm³/mol. The van der Waals surface area contributed by atoms with Crippen LogP contribution in [0.3, 0.4) is 0 Å². The van der Waals surface area contributed by atoms with Crippen molar-refractivity contribution in [3.8, 4) is 17.5 Å². The molecule has 0 bridgehead atoms. The van der Waals surface area contributed by atoms with E-state index in [2.05, 4.69) is 9.97 Å². The number of aliphatic carboxylic acids is 1. The number of nitrogens with zero attached hydrogens (tertiary/aromatic N) is 3. The van der Waals surface area contributed by atoms with E-state index in [1.807, 2.05) is 0 Å². The van der Waals surface area contributed by atoms with E-state index < -0.39 is 5.97 Å². The number of carboxylic acids is 1. The summed E-state index contributed by atoms with van der Waals surface area (Å²) in [5.41, 5.74) is 0.904. The maximum absolute atomic E-state index is 10.8. The van der Waals surface area contributed by atoms with Crippen LogP contribution in [-0.2, 0) is 4.79 Å². The third kappa shape index (κ3) is 3.78. The molecule has 1 heterocycles. The molecule has 0 spiro atoms. The normalized spacial score (nSPS) is 11.0. The van der Waals surface area contributed by atoms with Gasteiger partial charge in [0.15, 0.2) is 5.82 Å². The Hall–Kier alpha value is -2.42.